The SMILES string of the molecule is O=C(Nc1ccncc1)C(=O)c1cn(S(=O)(=O)c2ccc(Br)cc2)c2ccccc12. The Morgan fingerprint density at radius 2 is 1.60 bits per heavy atom. The first-order chi connectivity index (χ1) is 14.4. The van der Waals surface area contributed by atoms with Crippen molar-refractivity contribution in [3.8, 4) is 0 Å². The minimum absolute atomic E-state index is 0.00200. The van der Waals surface area contributed by atoms with Gasteiger partial charge in [-0.1, -0.05) is 34.1 Å². The predicted molar refractivity (Wildman–Crippen MR) is 116 cm³/mol. The first-order valence-electron chi connectivity index (χ1n) is 8.75. The zero-order valence-electron chi connectivity index (χ0n) is 15.3. The van der Waals surface area contributed by atoms with E-state index in [9.17, 15) is 18.0 Å². The first-order valence-corrected chi connectivity index (χ1v) is 11.0. The van der Waals surface area contributed by atoms with Crippen LogP contribution in [0.5, 0.6) is 0 Å². The van der Waals surface area contributed by atoms with E-state index in [-0.39, 0.29) is 10.5 Å². The molecule has 0 aliphatic carbocycles. The molecule has 0 spiro atoms. The standard InChI is InChI=1S/C21H14BrN3O4S/c22-14-5-7-16(8-6-14)30(28,29)25-13-18(17-3-1-2-4-19(17)25)20(26)21(27)24-15-9-11-23-12-10-15/h1-13H,(H,23,24,27). The number of carbonyl (C=O) groups is 2. The van der Waals surface area contributed by atoms with Gasteiger partial charge in [0.2, 0.25) is 0 Å². The van der Waals surface area contributed by atoms with E-state index in [1.54, 1.807) is 48.5 Å². The van der Waals surface area contributed by atoms with Crippen molar-refractivity contribution in [2.45, 2.75) is 4.90 Å². The van der Waals surface area contributed by atoms with Gasteiger partial charge < -0.3 is 5.32 Å². The number of hydrogen-bond donors (Lipinski definition) is 1. The van der Waals surface area contributed by atoms with Crippen molar-refractivity contribution in [2.75, 3.05) is 5.32 Å². The largest absolute Gasteiger partial charge is 0.319 e. The number of carbonyl (C=O) groups excluding carboxylic acids is 2. The van der Waals surface area contributed by atoms with Gasteiger partial charge in [-0.3, -0.25) is 14.6 Å². The Bertz CT molecular complexity index is 1360. The van der Waals surface area contributed by atoms with E-state index in [1.807, 2.05) is 0 Å². The number of amides is 1. The Kier molecular flexibility index (Phi) is 5.23. The Balaban J connectivity index is 1.78. The first kappa shape index (κ1) is 20.0. The van der Waals surface area contributed by atoms with E-state index in [0.29, 0.717) is 16.6 Å². The van der Waals surface area contributed by atoms with Crippen LogP contribution >= 0.6 is 15.9 Å². The molecule has 4 rings (SSSR count). The van der Waals surface area contributed by atoms with Crippen molar-refractivity contribution in [3.63, 3.8) is 0 Å². The third-order valence-corrected chi connectivity index (χ3v) is 6.65. The van der Waals surface area contributed by atoms with E-state index in [0.717, 1.165) is 8.45 Å². The molecule has 7 nitrogen and oxygen atoms in total. The van der Waals surface area contributed by atoms with Gasteiger partial charge in [0.25, 0.3) is 21.7 Å². The summed E-state index contributed by atoms with van der Waals surface area (Å²) in [4.78, 5) is 29.2. The van der Waals surface area contributed by atoms with E-state index in [1.165, 1.54) is 30.7 Å². The van der Waals surface area contributed by atoms with E-state index in [2.05, 4.69) is 26.2 Å². The normalized spacial score (nSPS) is 11.4. The molecule has 2 aromatic heterocycles. The van der Waals surface area contributed by atoms with Crippen LogP contribution in [0.4, 0.5) is 5.69 Å². The molecule has 0 atom stereocenters. The minimum atomic E-state index is -3.98. The molecule has 9 heteroatoms. The van der Waals surface area contributed by atoms with Gasteiger partial charge in [0.1, 0.15) is 0 Å². The number of nitrogens with zero attached hydrogens (tertiary/aromatic N) is 2. The summed E-state index contributed by atoms with van der Waals surface area (Å²) < 4.78 is 28.1. The summed E-state index contributed by atoms with van der Waals surface area (Å²) in [5.41, 5.74) is 0.716. The fourth-order valence-electron chi connectivity index (χ4n) is 3.00. The summed E-state index contributed by atoms with van der Waals surface area (Å²) in [6.07, 6.45) is 4.16. The molecular formula is C21H14BrN3O4S. The summed E-state index contributed by atoms with van der Waals surface area (Å²) in [6.45, 7) is 0. The van der Waals surface area contributed by atoms with Crippen molar-refractivity contribution < 1.29 is 18.0 Å². The molecule has 2 aromatic carbocycles. The Morgan fingerprint density at radius 1 is 0.933 bits per heavy atom. The van der Waals surface area contributed by atoms with Gasteiger partial charge in [0.05, 0.1) is 16.0 Å². The molecule has 150 valence electrons. The number of ketones is 1. The lowest BCUT2D eigenvalue weighted by Gasteiger charge is -2.07. The molecule has 0 bridgehead atoms. The summed E-state index contributed by atoms with van der Waals surface area (Å²) in [7, 11) is -3.98. The molecule has 1 amide bonds. The number of halogens is 1. The lowest BCUT2D eigenvalue weighted by molar-refractivity contribution is -0.112. The lowest BCUT2D eigenvalue weighted by Crippen LogP contribution is -2.22. The number of Topliss-reactive ketones (excluding diaryl/α,β-unsaturated/α-hetero) is 1. The zero-order valence-corrected chi connectivity index (χ0v) is 17.7. The number of pyridine rings is 1. The highest BCUT2D eigenvalue weighted by molar-refractivity contribution is 9.10. The zero-order chi connectivity index (χ0) is 21.3. The maximum Gasteiger partial charge on any atom is 0.296 e. The van der Waals surface area contributed by atoms with Crippen LogP contribution in [0.2, 0.25) is 0 Å². The molecule has 0 saturated carbocycles. The van der Waals surface area contributed by atoms with E-state index >= 15 is 0 Å². The van der Waals surface area contributed by atoms with Crippen molar-refractivity contribution >= 4 is 54.2 Å². The molecule has 30 heavy (non-hydrogen) atoms. The quantitative estimate of drug-likeness (QED) is 0.343. The van der Waals surface area contributed by atoms with Gasteiger partial charge in [-0.15, -0.1) is 0 Å². The average Bonchev–Trinajstić information content (AvgIpc) is 3.15. The van der Waals surface area contributed by atoms with Gasteiger partial charge in [0.15, 0.2) is 0 Å². The molecule has 2 heterocycles. The van der Waals surface area contributed by atoms with Crippen LogP contribution in [-0.2, 0) is 14.8 Å². The Hall–Kier alpha value is -3.30. The van der Waals surface area contributed by atoms with E-state index in [4.69, 9.17) is 0 Å². The third kappa shape index (κ3) is 3.64. The number of benzene rings is 2. The smallest absolute Gasteiger partial charge is 0.296 e. The number of para-hydroxylation sites is 1. The fourth-order valence-corrected chi connectivity index (χ4v) is 4.63. The van der Waals surface area contributed by atoms with Crippen LogP contribution in [0.3, 0.4) is 0 Å². The number of fused-ring (bicyclic) bond motifs is 1. The number of hydrogen-bond acceptors (Lipinski definition) is 5. The molecule has 0 aliphatic heterocycles. The molecule has 0 unspecified atom stereocenters. The monoisotopic (exact) mass is 483 g/mol. The van der Waals surface area contributed by atoms with Gasteiger partial charge in [0, 0.05) is 34.1 Å². The second-order valence-corrected chi connectivity index (χ2v) is 9.06. The average molecular weight is 484 g/mol. The van der Waals surface area contributed by atoms with Crippen LogP contribution in [0.15, 0.2) is 88.6 Å². The lowest BCUT2D eigenvalue weighted by atomic mass is 10.1. The minimum Gasteiger partial charge on any atom is -0.319 e. The van der Waals surface area contributed by atoms with Crippen LogP contribution in [0.1, 0.15) is 10.4 Å². The van der Waals surface area contributed by atoms with Crippen LogP contribution in [-0.4, -0.2) is 29.1 Å². The Morgan fingerprint density at radius 3 is 2.30 bits per heavy atom. The van der Waals surface area contributed by atoms with E-state index < -0.39 is 21.7 Å². The molecule has 1 N–H and O–H groups in total. The molecular weight excluding hydrogens is 470 g/mol. The highest BCUT2D eigenvalue weighted by atomic mass is 79.9. The van der Waals surface area contributed by atoms with Crippen LogP contribution < -0.4 is 5.32 Å². The van der Waals surface area contributed by atoms with Gasteiger partial charge in [-0.05, 0) is 42.5 Å². The van der Waals surface area contributed by atoms with Gasteiger partial charge in [-0.25, -0.2) is 12.4 Å². The molecule has 0 radical (unpaired) electrons. The van der Waals surface area contributed by atoms with Gasteiger partial charge in [-0.2, -0.15) is 0 Å². The summed E-state index contributed by atoms with van der Waals surface area (Å²) in [5, 5.41) is 2.87. The second kappa shape index (κ2) is 7.85. The highest BCUT2D eigenvalue weighted by Crippen LogP contribution is 2.27. The molecule has 0 saturated heterocycles. The van der Waals surface area contributed by atoms with Crippen molar-refractivity contribution in [2.24, 2.45) is 0 Å². The summed E-state index contributed by atoms with van der Waals surface area (Å²) in [6, 6.07) is 15.8. The predicted octanol–water partition coefficient (Wildman–Crippen LogP) is 3.86. The summed E-state index contributed by atoms with van der Waals surface area (Å²) in [5.74, 6) is -1.71. The summed E-state index contributed by atoms with van der Waals surface area (Å²) >= 11 is 3.28. The molecule has 0 fully saturated rings. The third-order valence-electron chi connectivity index (χ3n) is 4.44. The fraction of sp³-hybridized carbons (Fsp3) is 0. The highest BCUT2D eigenvalue weighted by Gasteiger charge is 2.26. The van der Waals surface area contributed by atoms with Crippen LogP contribution in [0.25, 0.3) is 10.9 Å². The molecule has 4 aromatic rings. The number of aromatic nitrogens is 2. The van der Waals surface area contributed by atoms with Crippen molar-refractivity contribution in [1.82, 2.24) is 8.96 Å². The molecule has 0 aliphatic rings. The topological polar surface area (TPSA) is 98.1 Å². The van der Waals surface area contributed by atoms with Gasteiger partial charge >= 0.3 is 0 Å². The van der Waals surface area contributed by atoms with Crippen molar-refractivity contribution in [1.29, 1.82) is 0 Å². The number of nitrogens with one attached hydrogen (secondary N) is 1. The van der Waals surface area contributed by atoms with Crippen molar-refractivity contribution in [3.05, 3.63) is 89.3 Å². The number of rotatable bonds is 5. The maximum atomic E-state index is 13.2. The maximum absolute atomic E-state index is 13.2. The Labute approximate surface area is 180 Å². The second-order valence-electron chi connectivity index (χ2n) is 6.33. The van der Waals surface area contributed by atoms with Crippen LogP contribution in [0, 0.1) is 0 Å². The number of anilines is 1.